The van der Waals surface area contributed by atoms with Crippen molar-refractivity contribution in [1.82, 2.24) is 14.9 Å². The van der Waals surface area contributed by atoms with E-state index in [9.17, 15) is 4.79 Å². The molecule has 25 heavy (non-hydrogen) atoms. The molecule has 1 heterocycles. The molecule has 3 rings (SSSR count). The summed E-state index contributed by atoms with van der Waals surface area (Å²) in [4.78, 5) is 22.9. The first-order valence-corrected chi connectivity index (χ1v) is 9.10. The highest BCUT2D eigenvalue weighted by Crippen LogP contribution is 2.19. The van der Waals surface area contributed by atoms with Crippen molar-refractivity contribution in [2.75, 3.05) is 12.4 Å². The summed E-state index contributed by atoms with van der Waals surface area (Å²) in [6.07, 6.45) is 10.7. The van der Waals surface area contributed by atoms with E-state index in [1.165, 1.54) is 38.5 Å². The maximum absolute atomic E-state index is 12.5. The van der Waals surface area contributed by atoms with Crippen molar-refractivity contribution in [2.24, 2.45) is 0 Å². The first kappa shape index (κ1) is 17.4. The molecule has 0 unspecified atom stereocenters. The number of carbonyl (C=O) groups excluding carboxylic acids is 1. The second-order valence-corrected chi connectivity index (χ2v) is 6.77. The van der Waals surface area contributed by atoms with Gasteiger partial charge < -0.3 is 10.2 Å². The van der Waals surface area contributed by atoms with E-state index in [-0.39, 0.29) is 5.91 Å². The van der Waals surface area contributed by atoms with Crippen molar-refractivity contribution in [2.45, 2.75) is 51.1 Å². The predicted octanol–water partition coefficient (Wildman–Crippen LogP) is 3.88. The van der Waals surface area contributed by atoms with Gasteiger partial charge in [0.05, 0.1) is 5.56 Å². The molecule has 0 saturated heterocycles. The standard InChI is InChI=1S/C20H26N4O/c1-24(15-16-9-5-4-6-10-16)19(25)17-13-21-20(22-14-17)23-18-11-7-2-3-8-12-18/h4-6,9-10,13-14,18H,2-3,7-8,11-12,15H2,1H3,(H,21,22,23). The molecule has 1 amide bonds. The van der Waals surface area contributed by atoms with Crippen LogP contribution in [0.2, 0.25) is 0 Å². The highest BCUT2D eigenvalue weighted by Gasteiger charge is 2.15. The largest absolute Gasteiger partial charge is 0.351 e. The monoisotopic (exact) mass is 338 g/mol. The minimum absolute atomic E-state index is 0.0649. The zero-order valence-corrected chi connectivity index (χ0v) is 14.8. The summed E-state index contributed by atoms with van der Waals surface area (Å²) in [5.41, 5.74) is 1.62. The van der Waals surface area contributed by atoms with Gasteiger partial charge in [-0.15, -0.1) is 0 Å². The van der Waals surface area contributed by atoms with Crippen LogP contribution in [0.3, 0.4) is 0 Å². The van der Waals surface area contributed by atoms with Crippen LogP contribution in [0.15, 0.2) is 42.7 Å². The van der Waals surface area contributed by atoms with Crippen molar-refractivity contribution in [3.63, 3.8) is 0 Å². The van der Waals surface area contributed by atoms with E-state index in [0.29, 0.717) is 24.1 Å². The van der Waals surface area contributed by atoms with E-state index in [0.717, 1.165) is 5.56 Å². The number of nitrogens with one attached hydrogen (secondary N) is 1. The lowest BCUT2D eigenvalue weighted by Gasteiger charge is -2.18. The molecule has 1 aromatic heterocycles. The van der Waals surface area contributed by atoms with Crippen LogP contribution >= 0.6 is 0 Å². The van der Waals surface area contributed by atoms with E-state index >= 15 is 0 Å². The fourth-order valence-electron chi connectivity index (χ4n) is 3.27. The Bertz CT molecular complexity index is 664. The number of rotatable bonds is 5. The number of carbonyl (C=O) groups is 1. The lowest BCUT2D eigenvalue weighted by molar-refractivity contribution is 0.0784. The summed E-state index contributed by atoms with van der Waals surface area (Å²) >= 11 is 0. The van der Waals surface area contributed by atoms with Crippen LogP contribution in [0.25, 0.3) is 0 Å². The third-order valence-corrected chi connectivity index (χ3v) is 4.70. The minimum Gasteiger partial charge on any atom is -0.351 e. The normalized spacial score (nSPS) is 15.4. The van der Waals surface area contributed by atoms with Crippen molar-refractivity contribution in [3.05, 3.63) is 53.9 Å². The first-order chi connectivity index (χ1) is 12.2. The number of nitrogens with zero attached hydrogens (tertiary/aromatic N) is 3. The molecule has 1 aliphatic carbocycles. The van der Waals surface area contributed by atoms with Crippen LogP contribution in [-0.2, 0) is 6.54 Å². The SMILES string of the molecule is CN(Cc1ccccc1)C(=O)c1cnc(NC2CCCCCC2)nc1. The van der Waals surface area contributed by atoms with Crippen LogP contribution in [0, 0.1) is 0 Å². The quantitative estimate of drug-likeness (QED) is 0.841. The van der Waals surface area contributed by atoms with Gasteiger partial charge in [0.15, 0.2) is 0 Å². The van der Waals surface area contributed by atoms with Gasteiger partial charge in [-0.3, -0.25) is 4.79 Å². The molecule has 1 aromatic carbocycles. The number of hydrogen-bond acceptors (Lipinski definition) is 4. The average molecular weight is 338 g/mol. The minimum atomic E-state index is -0.0649. The van der Waals surface area contributed by atoms with Crippen molar-refractivity contribution < 1.29 is 4.79 Å². The summed E-state index contributed by atoms with van der Waals surface area (Å²) in [6, 6.07) is 10.4. The number of benzene rings is 1. The Labute approximate surface area is 149 Å². The molecule has 0 spiro atoms. The molecule has 0 aliphatic heterocycles. The molecule has 0 bridgehead atoms. The smallest absolute Gasteiger partial charge is 0.257 e. The summed E-state index contributed by atoms with van der Waals surface area (Å²) < 4.78 is 0. The van der Waals surface area contributed by atoms with Gasteiger partial charge in [-0.1, -0.05) is 56.0 Å². The third kappa shape index (κ3) is 5.02. The van der Waals surface area contributed by atoms with Gasteiger partial charge in [-0.05, 0) is 18.4 Å². The number of amides is 1. The first-order valence-electron chi connectivity index (χ1n) is 9.10. The van der Waals surface area contributed by atoms with E-state index in [2.05, 4.69) is 15.3 Å². The predicted molar refractivity (Wildman–Crippen MR) is 99.4 cm³/mol. The van der Waals surface area contributed by atoms with Crippen LogP contribution in [0.1, 0.15) is 54.4 Å². The summed E-state index contributed by atoms with van der Waals surface area (Å²) in [5.74, 6) is 0.555. The molecule has 132 valence electrons. The summed E-state index contributed by atoms with van der Waals surface area (Å²) in [7, 11) is 1.80. The van der Waals surface area contributed by atoms with Gasteiger partial charge in [0, 0.05) is 32.0 Å². The Morgan fingerprint density at radius 1 is 1.08 bits per heavy atom. The topological polar surface area (TPSA) is 58.1 Å². The second kappa shape index (κ2) is 8.60. The number of hydrogen-bond donors (Lipinski definition) is 1. The van der Waals surface area contributed by atoms with E-state index in [1.54, 1.807) is 24.3 Å². The van der Waals surface area contributed by atoms with Crippen molar-refractivity contribution >= 4 is 11.9 Å². The molecule has 1 fully saturated rings. The fraction of sp³-hybridized carbons (Fsp3) is 0.450. The van der Waals surface area contributed by atoms with Crippen LogP contribution in [0.4, 0.5) is 5.95 Å². The van der Waals surface area contributed by atoms with E-state index in [1.807, 2.05) is 30.3 Å². The molecule has 0 atom stereocenters. The molecule has 1 aliphatic rings. The van der Waals surface area contributed by atoms with Gasteiger partial charge in [-0.25, -0.2) is 9.97 Å². The molecular weight excluding hydrogens is 312 g/mol. The van der Waals surface area contributed by atoms with Crippen molar-refractivity contribution in [3.8, 4) is 0 Å². The molecule has 1 saturated carbocycles. The van der Waals surface area contributed by atoms with Crippen LogP contribution in [-0.4, -0.2) is 33.9 Å². The summed E-state index contributed by atoms with van der Waals surface area (Å²) in [6.45, 7) is 0.571. The van der Waals surface area contributed by atoms with Gasteiger partial charge in [0.2, 0.25) is 5.95 Å². The third-order valence-electron chi connectivity index (χ3n) is 4.70. The Balaban J connectivity index is 1.58. The Hall–Kier alpha value is -2.43. The molecule has 5 heteroatoms. The van der Waals surface area contributed by atoms with Crippen LogP contribution in [0.5, 0.6) is 0 Å². The molecular formula is C20H26N4O. The van der Waals surface area contributed by atoms with Gasteiger partial charge in [0.25, 0.3) is 5.91 Å². The highest BCUT2D eigenvalue weighted by molar-refractivity contribution is 5.93. The van der Waals surface area contributed by atoms with Gasteiger partial charge >= 0.3 is 0 Å². The Morgan fingerprint density at radius 3 is 2.36 bits per heavy atom. The second-order valence-electron chi connectivity index (χ2n) is 6.77. The zero-order valence-electron chi connectivity index (χ0n) is 14.8. The van der Waals surface area contributed by atoms with Gasteiger partial charge in [-0.2, -0.15) is 0 Å². The van der Waals surface area contributed by atoms with Crippen LogP contribution < -0.4 is 5.32 Å². The Morgan fingerprint density at radius 2 is 1.72 bits per heavy atom. The zero-order chi connectivity index (χ0) is 17.5. The number of aromatic nitrogens is 2. The lowest BCUT2D eigenvalue weighted by Crippen LogP contribution is -2.26. The Kier molecular flexibility index (Phi) is 5.99. The highest BCUT2D eigenvalue weighted by atomic mass is 16.2. The molecule has 0 radical (unpaired) electrons. The van der Waals surface area contributed by atoms with E-state index < -0.39 is 0 Å². The van der Waals surface area contributed by atoms with E-state index in [4.69, 9.17) is 0 Å². The molecule has 2 aromatic rings. The lowest BCUT2D eigenvalue weighted by atomic mass is 10.1. The summed E-state index contributed by atoms with van der Waals surface area (Å²) in [5, 5.41) is 3.41. The number of anilines is 1. The van der Waals surface area contributed by atoms with Gasteiger partial charge in [0.1, 0.15) is 0 Å². The fourth-order valence-corrected chi connectivity index (χ4v) is 3.27. The average Bonchev–Trinajstić information content (AvgIpc) is 2.91. The maximum Gasteiger partial charge on any atom is 0.257 e. The molecule has 1 N–H and O–H groups in total. The van der Waals surface area contributed by atoms with Crippen molar-refractivity contribution in [1.29, 1.82) is 0 Å². The maximum atomic E-state index is 12.5. The molecule has 5 nitrogen and oxygen atoms in total.